The molecule has 20 heavy (non-hydrogen) atoms. The number of rotatable bonds is 4. The molecule has 5 heteroatoms. The van der Waals surface area contributed by atoms with Gasteiger partial charge in [-0.1, -0.05) is 13.8 Å². The minimum atomic E-state index is -0.0883. The van der Waals surface area contributed by atoms with Gasteiger partial charge in [0.05, 0.1) is 0 Å². The lowest BCUT2D eigenvalue weighted by Crippen LogP contribution is -2.44. The lowest BCUT2D eigenvalue weighted by Gasteiger charge is -2.34. The smallest absolute Gasteiger partial charge is 0.269 e. The number of likely N-dealkylation sites (N-methyl/N-ethyl adjacent to an activating group) is 1. The first-order chi connectivity index (χ1) is 9.56. The summed E-state index contributed by atoms with van der Waals surface area (Å²) < 4.78 is 0. The Kier molecular flexibility index (Phi) is 4.95. The first-order valence-electron chi connectivity index (χ1n) is 7.24. The monoisotopic (exact) mass is 276 g/mol. The molecule has 0 aromatic carbocycles. The fourth-order valence-electron chi connectivity index (χ4n) is 2.19. The van der Waals surface area contributed by atoms with E-state index in [4.69, 9.17) is 0 Å². The average Bonchev–Trinajstić information content (AvgIpc) is 2.45. The van der Waals surface area contributed by atoms with Crippen LogP contribution in [0.2, 0.25) is 0 Å². The van der Waals surface area contributed by atoms with Gasteiger partial charge in [0, 0.05) is 44.6 Å². The van der Waals surface area contributed by atoms with Crippen molar-refractivity contribution in [2.24, 2.45) is 5.92 Å². The van der Waals surface area contributed by atoms with E-state index >= 15 is 0 Å². The Morgan fingerprint density at radius 3 is 2.70 bits per heavy atom. The molecule has 0 unspecified atom stereocenters. The van der Waals surface area contributed by atoms with Crippen molar-refractivity contribution in [3.63, 3.8) is 0 Å². The van der Waals surface area contributed by atoms with Gasteiger partial charge in [-0.3, -0.25) is 9.78 Å². The topological polar surface area (TPSA) is 48.5 Å². The maximum absolute atomic E-state index is 12.0. The van der Waals surface area contributed by atoms with E-state index in [1.54, 1.807) is 6.20 Å². The van der Waals surface area contributed by atoms with Gasteiger partial charge >= 0.3 is 0 Å². The number of nitrogens with one attached hydrogen (secondary N) is 1. The Labute approximate surface area is 121 Å². The summed E-state index contributed by atoms with van der Waals surface area (Å²) in [5.74, 6) is 0.356. The average molecular weight is 276 g/mol. The summed E-state index contributed by atoms with van der Waals surface area (Å²) in [5.41, 5.74) is 1.59. The number of pyridine rings is 1. The van der Waals surface area contributed by atoms with Crippen LogP contribution in [0.25, 0.3) is 0 Å². The van der Waals surface area contributed by atoms with Crippen molar-refractivity contribution in [1.82, 2.24) is 15.2 Å². The third kappa shape index (κ3) is 3.93. The predicted molar refractivity (Wildman–Crippen MR) is 81.1 cm³/mol. The van der Waals surface area contributed by atoms with E-state index in [9.17, 15) is 4.79 Å². The molecule has 0 bridgehead atoms. The number of anilines is 1. The van der Waals surface area contributed by atoms with Crippen LogP contribution in [0.4, 0.5) is 5.69 Å². The van der Waals surface area contributed by atoms with Crippen LogP contribution in [0, 0.1) is 5.92 Å². The number of hydrogen-bond acceptors (Lipinski definition) is 4. The summed E-state index contributed by atoms with van der Waals surface area (Å²) >= 11 is 0. The highest BCUT2D eigenvalue weighted by atomic mass is 16.1. The molecule has 1 amide bonds. The van der Waals surface area contributed by atoms with Gasteiger partial charge in [-0.05, 0) is 25.1 Å². The van der Waals surface area contributed by atoms with E-state index in [-0.39, 0.29) is 5.91 Å². The van der Waals surface area contributed by atoms with Crippen molar-refractivity contribution in [1.29, 1.82) is 0 Å². The minimum Gasteiger partial charge on any atom is -0.369 e. The van der Waals surface area contributed by atoms with Crippen molar-refractivity contribution in [3.8, 4) is 0 Å². The first-order valence-corrected chi connectivity index (χ1v) is 7.24. The number of hydrogen-bond donors (Lipinski definition) is 1. The third-order valence-corrected chi connectivity index (χ3v) is 3.52. The molecule has 1 fully saturated rings. The van der Waals surface area contributed by atoms with E-state index in [1.807, 2.05) is 12.1 Å². The Balaban J connectivity index is 2.02. The van der Waals surface area contributed by atoms with Gasteiger partial charge in [-0.2, -0.15) is 0 Å². The first kappa shape index (κ1) is 14.8. The van der Waals surface area contributed by atoms with Crippen molar-refractivity contribution < 1.29 is 4.79 Å². The Hall–Kier alpha value is -1.62. The molecule has 1 saturated heterocycles. The summed E-state index contributed by atoms with van der Waals surface area (Å²) in [4.78, 5) is 20.8. The maximum atomic E-state index is 12.0. The normalized spacial score (nSPS) is 16.5. The Morgan fingerprint density at radius 1 is 1.35 bits per heavy atom. The van der Waals surface area contributed by atoms with Gasteiger partial charge in [0.1, 0.15) is 5.69 Å². The molecule has 0 saturated carbocycles. The second kappa shape index (κ2) is 6.70. The van der Waals surface area contributed by atoms with Gasteiger partial charge in [-0.25, -0.2) is 0 Å². The zero-order valence-corrected chi connectivity index (χ0v) is 12.6. The molecule has 0 atom stereocenters. The van der Waals surface area contributed by atoms with E-state index in [0.29, 0.717) is 18.2 Å². The fourth-order valence-corrected chi connectivity index (χ4v) is 2.19. The number of amides is 1. The van der Waals surface area contributed by atoms with Crippen molar-refractivity contribution in [2.75, 3.05) is 44.7 Å². The molecule has 5 nitrogen and oxygen atoms in total. The molecule has 1 aliphatic heterocycles. The van der Waals surface area contributed by atoms with Crippen LogP contribution in [-0.4, -0.2) is 55.6 Å². The molecule has 1 aromatic heterocycles. The molecule has 0 radical (unpaired) electrons. The molecule has 0 spiro atoms. The number of nitrogens with zero attached hydrogens (tertiary/aromatic N) is 3. The zero-order chi connectivity index (χ0) is 14.5. The molecule has 1 aromatic rings. The number of piperazine rings is 1. The van der Waals surface area contributed by atoms with Crippen LogP contribution in [-0.2, 0) is 0 Å². The highest BCUT2D eigenvalue weighted by Crippen LogP contribution is 2.16. The van der Waals surface area contributed by atoms with Gasteiger partial charge in [0.15, 0.2) is 0 Å². The second-order valence-corrected chi connectivity index (χ2v) is 5.79. The second-order valence-electron chi connectivity index (χ2n) is 5.79. The van der Waals surface area contributed by atoms with Gasteiger partial charge in [0.25, 0.3) is 5.91 Å². The van der Waals surface area contributed by atoms with Crippen molar-refractivity contribution >= 4 is 11.6 Å². The summed E-state index contributed by atoms with van der Waals surface area (Å²) in [6.45, 7) is 8.93. The van der Waals surface area contributed by atoms with Crippen LogP contribution in [0.15, 0.2) is 18.3 Å². The number of carbonyl (C=O) groups is 1. The zero-order valence-electron chi connectivity index (χ0n) is 12.6. The summed E-state index contributed by atoms with van der Waals surface area (Å²) in [5, 5.41) is 2.91. The molecule has 1 aliphatic rings. The van der Waals surface area contributed by atoms with E-state index in [2.05, 4.69) is 41.0 Å². The maximum Gasteiger partial charge on any atom is 0.269 e. The predicted octanol–water partition coefficient (Wildman–Crippen LogP) is 1.22. The van der Waals surface area contributed by atoms with Crippen LogP contribution in [0.3, 0.4) is 0 Å². The molecule has 1 N–H and O–H groups in total. The molecular formula is C15H24N4O. The summed E-state index contributed by atoms with van der Waals surface area (Å²) in [6.07, 6.45) is 1.72. The molecule has 2 heterocycles. The SMILES string of the molecule is CC(C)CNC(=O)c1cc(N2CCN(C)CC2)ccn1. The van der Waals surface area contributed by atoms with Crippen LogP contribution in [0.5, 0.6) is 0 Å². The fraction of sp³-hybridized carbons (Fsp3) is 0.600. The highest BCUT2D eigenvalue weighted by Gasteiger charge is 2.16. The third-order valence-electron chi connectivity index (χ3n) is 3.52. The van der Waals surface area contributed by atoms with Crippen molar-refractivity contribution in [3.05, 3.63) is 24.0 Å². The lowest BCUT2D eigenvalue weighted by molar-refractivity contribution is 0.0944. The van der Waals surface area contributed by atoms with Crippen LogP contribution in [0.1, 0.15) is 24.3 Å². The highest BCUT2D eigenvalue weighted by molar-refractivity contribution is 5.93. The van der Waals surface area contributed by atoms with Crippen LogP contribution < -0.4 is 10.2 Å². The van der Waals surface area contributed by atoms with Gasteiger partial charge in [-0.15, -0.1) is 0 Å². The lowest BCUT2D eigenvalue weighted by atomic mass is 10.2. The van der Waals surface area contributed by atoms with Crippen molar-refractivity contribution in [2.45, 2.75) is 13.8 Å². The molecular weight excluding hydrogens is 252 g/mol. The van der Waals surface area contributed by atoms with Gasteiger partial charge in [0.2, 0.25) is 0 Å². The standard InChI is InChI=1S/C15H24N4O/c1-12(2)11-17-15(20)14-10-13(4-5-16-14)19-8-6-18(3)7-9-19/h4-5,10,12H,6-9,11H2,1-3H3,(H,17,20). The minimum absolute atomic E-state index is 0.0883. The molecule has 110 valence electrons. The van der Waals surface area contributed by atoms with E-state index in [0.717, 1.165) is 31.9 Å². The van der Waals surface area contributed by atoms with Crippen LogP contribution >= 0.6 is 0 Å². The number of aromatic nitrogens is 1. The summed E-state index contributed by atoms with van der Waals surface area (Å²) in [7, 11) is 2.13. The molecule has 0 aliphatic carbocycles. The molecule has 2 rings (SSSR count). The largest absolute Gasteiger partial charge is 0.369 e. The summed E-state index contributed by atoms with van der Waals surface area (Å²) in [6, 6.07) is 3.87. The van der Waals surface area contributed by atoms with E-state index in [1.165, 1.54) is 0 Å². The van der Waals surface area contributed by atoms with Gasteiger partial charge < -0.3 is 15.1 Å². The Morgan fingerprint density at radius 2 is 2.05 bits per heavy atom. The number of carbonyl (C=O) groups excluding carboxylic acids is 1. The quantitative estimate of drug-likeness (QED) is 0.898. The Bertz CT molecular complexity index is 453. The van der Waals surface area contributed by atoms with E-state index < -0.39 is 0 Å².